The molecule has 4 aromatic rings. The van der Waals surface area contributed by atoms with Crippen LogP contribution >= 0.6 is 23.2 Å². The van der Waals surface area contributed by atoms with Crippen molar-refractivity contribution in [3.63, 3.8) is 0 Å². The molecule has 0 saturated heterocycles. The van der Waals surface area contributed by atoms with Gasteiger partial charge in [0, 0.05) is 28.6 Å². The molecule has 1 aromatic heterocycles. The maximum absolute atomic E-state index is 12.3. The number of hydrogen-bond acceptors (Lipinski definition) is 3. The van der Waals surface area contributed by atoms with Gasteiger partial charge in [-0.3, -0.25) is 4.79 Å². The molecule has 0 unspecified atom stereocenters. The van der Waals surface area contributed by atoms with E-state index >= 15 is 0 Å². The molecule has 0 aliphatic carbocycles. The lowest BCUT2D eigenvalue weighted by Crippen LogP contribution is -2.25. The largest absolute Gasteiger partial charge is 0.492 e. The highest BCUT2D eigenvalue weighted by Gasteiger charge is 2.11. The number of amides is 1. The van der Waals surface area contributed by atoms with Crippen molar-refractivity contribution < 1.29 is 9.53 Å². The summed E-state index contributed by atoms with van der Waals surface area (Å²) in [6, 6.07) is 20.6. The average Bonchev–Trinajstić information content (AvgIpc) is 3.17. The Kier molecular flexibility index (Phi) is 7.53. The Labute approximate surface area is 203 Å². The fourth-order valence-corrected chi connectivity index (χ4v) is 3.92. The smallest absolute Gasteiger partial charge is 0.251 e. The summed E-state index contributed by atoms with van der Waals surface area (Å²) >= 11 is 12.0. The summed E-state index contributed by atoms with van der Waals surface area (Å²) in [5, 5.41) is 4.30. The molecule has 170 valence electrons. The highest BCUT2D eigenvalue weighted by atomic mass is 35.5. The van der Waals surface area contributed by atoms with Gasteiger partial charge >= 0.3 is 0 Å². The van der Waals surface area contributed by atoms with Crippen molar-refractivity contribution in [2.24, 2.45) is 0 Å². The number of ether oxygens (including phenoxy) is 1. The van der Waals surface area contributed by atoms with Crippen molar-refractivity contribution in [1.82, 2.24) is 14.9 Å². The number of para-hydroxylation sites is 2. The quantitative estimate of drug-likeness (QED) is 0.294. The van der Waals surface area contributed by atoms with Crippen molar-refractivity contribution in [2.45, 2.75) is 26.3 Å². The van der Waals surface area contributed by atoms with Crippen LogP contribution in [0.2, 0.25) is 10.0 Å². The molecule has 7 heteroatoms. The van der Waals surface area contributed by atoms with Crippen molar-refractivity contribution in [3.8, 4) is 5.75 Å². The summed E-state index contributed by atoms with van der Waals surface area (Å²) in [5.74, 6) is 1.67. The molecular formula is C26H25Cl2N3O2. The number of nitrogens with zero attached hydrogens (tertiary/aromatic N) is 2. The van der Waals surface area contributed by atoms with Crippen LogP contribution in [0, 0.1) is 6.92 Å². The Morgan fingerprint density at radius 2 is 1.85 bits per heavy atom. The highest BCUT2D eigenvalue weighted by Crippen LogP contribution is 2.22. The van der Waals surface area contributed by atoms with Crippen LogP contribution in [0.25, 0.3) is 11.0 Å². The van der Waals surface area contributed by atoms with E-state index in [4.69, 9.17) is 32.9 Å². The van der Waals surface area contributed by atoms with Crippen LogP contribution in [0.15, 0.2) is 66.7 Å². The summed E-state index contributed by atoms with van der Waals surface area (Å²) < 4.78 is 8.15. The first kappa shape index (κ1) is 23.1. The third-order valence-corrected chi connectivity index (χ3v) is 6.09. The summed E-state index contributed by atoms with van der Waals surface area (Å²) in [5.41, 5.74) is 3.62. The number of aromatic nitrogens is 2. The third kappa shape index (κ3) is 5.86. The second-order valence-electron chi connectivity index (χ2n) is 7.79. The van der Waals surface area contributed by atoms with Gasteiger partial charge in [0.15, 0.2) is 0 Å². The van der Waals surface area contributed by atoms with E-state index in [1.54, 1.807) is 24.3 Å². The minimum Gasteiger partial charge on any atom is -0.492 e. The number of hydrogen-bond donors (Lipinski definition) is 1. The van der Waals surface area contributed by atoms with Gasteiger partial charge in [-0.25, -0.2) is 4.98 Å². The molecular weight excluding hydrogens is 457 g/mol. The molecule has 0 fully saturated rings. The molecule has 0 atom stereocenters. The molecule has 3 aromatic carbocycles. The van der Waals surface area contributed by atoms with E-state index in [9.17, 15) is 4.79 Å². The van der Waals surface area contributed by atoms with Gasteiger partial charge in [0.05, 0.1) is 17.6 Å². The molecule has 0 spiro atoms. The SMILES string of the molecule is Cc1cc(OCCn2c(CCCNC(=O)c3ccc(Cl)cc3)nc3ccccc32)ccc1Cl. The fraction of sp³-hybridized carbons (Fsp3) is 0.231. The van der Waals surface area contributed by atoms with E-state index in [1.807, 2.05) is 43.3 Å². The van der Waals surface area contributed by atoms with Gasteiger partial charge in [0.1, 0.15) is 18.2 Å². The van der Waals surface area contributed by atoms with E-state index in [0.717, 1.165) is 46.0 Å². The monoisotopic (exact) mass is 481 g/mol. The molecule has 0 saturated carbocycles. The van der Waals surface area contributed by atoms with Crippen LogP contribution in [0.4, 0.5) is 0 Å². The second-order valence-corrected chi connectivity index (χ2v) is 8.64. The van der Waals surface area contributed by atoms with E-state index in [1.165, 1.54) is 0 Å². The van der Waals surface area contributed by atoms with E-state index in [2.05, 4.69) is 16.0 Å². The molecule has 0 radical (unpaired) electrons. The normalized spacial score (nSPS) is 11.0. The Hall–Kier alpha value is -3.02. The number of fused-ring (bicyclic) bond motifs is 1. The summed E-state index contributed by atoms with van der Waals surface area (Å²) in [7, 11) is 0. The molecule has 1 amide bonds. The van der Waals surface area contributed by atoms with Crippen LogP contribution in [-0.4, -0.2) is 28.6 Å². The first-order valence-corrected chi connectivity index (χ1v) is 11.6. The highest BCUT2D eigenvalue weighted by molar-refractivity contribution is 6.31. The predicted octanol–water partition coefficient (Wildman–Crippen LogP) is 6.09. The Morgan fingerprint density at radius 1 is 1.06 bits per heavy atom. The zero-order valence-corrected chi connectivity index (χ0v) is 19.9. The van der Waals surface area contributed by atoms with Crippen LogP contribution in [0.3, 0.4) is 0 Å². The van der Waals surface area contributed by atoms with Crippen molar-refractivity contribution in [1.29, 1.82) is 0 Å². The number of benzene rings is 3. The zero-order chi connectivity index (χ0) is 23.2. The van der Waals surface area contributed by atoms with Gasteiger partial charge in [-0.05, 0) is 73.5 Å². The van der Waals surface area contributed by atoms with Gasteiger partial charge in [0.2, 0.25) is 0 Å². The first-order chi connectivity index (χ1) is 16.0. The van der Waals surface area contributed by atoms with E-state index in [0.29, 0.717) is 30.3 Å². The molecule has 1 heterocycles. The number of carbonyl (C=O) groups excluding carboxylic acids is 1. The molecule has 0 bridgehead atoms. The lowest BCUT2D eigenvalue weighted by molar-refractivity contribution is 0.0953. The number of nitrogens with one attached hydrogen (secondary N) is 1. The third-order valence-electron chi connectivity index (χ3n) is 5.42. The Bertz CT molecular complexity index is 1250. The molecule has 1 N–H and O–H groups in total. The second kappa shape index (κ2) is 10.7. The van der Waals surface area contributed by atoms with Gasteiger partial charge in [-0.1, -0.05) is 35.3 Å². The van der Waals surface area contributed by atoms with Gasteiger partial charge in [-0.2, -0.15) is 0 Å². The van der Waals surface area contributed by atoms with Crippen LogP contribution in [0.5, 0.6) is 5.75 Å². The van der Waals surface area contributed by atoms with Gasteiger partial charge in [0.25, 0.3) is 5.91 Å². The molecule has 4 rings (SSSR count). The summed E-state index contributed by atoms with van der Waals surface area (Å²) in [6.45, 7) is 3.71. The van der Waals surface area contributed by atoms with Crippen LogP contribution in [-0.2, 0) is 13.0 Å². The standard InChI is InChI=1S/C26H25Cl2N3O2/c1-18-17-21(12-13-22(18)28)33-16-15-31-24-6-3-2-5-23(24)30-25(31)7-4-14-29-26(32)19-8-10-20(27)11-9-19/h2-3,5-6,8-13,17H,4,7,14-16H2,1H3,(H,29,32). The molecule has 0 aliphatic heterocycles. The minimum absolute atomic E-state index is 0.105. The summed E-state index contributed by atoms with van der Waals surface area (Å²) in [6.07, 6.45) is 1.52. The lowest BCUT2D eigenvalue weighted by atomic mass is 10.2. The van der Waals surface area contributed by atoms with Crippen molar-refractivity contribution in [2.75, 3.05) is 13.2 Å². The topological polar surface area (TPSA) is 56.1 Å². The van der Waals surface area contributed by atoms with Crippen LogP contribution in [0.1, 0.15) is 28.2 Å². The number of imidazole rings is 1. The lowest BCUT2D eigenvalue weighted by Gasteiger charge is -2.12. The maximum atomic E-state index is 12.3. The van der Waals surface area contributed by atoms with E-state index in [-0.39, 0.29) is 5.91 Å². The minimum atomic E-state index is -0.105. The van der Waals surface area contributed by atoms with E-state index < -0.39 is 0 Å². The number of halogens is 2. The number of aryl methyl sites for hydroxylation is 2. The first-order valence-electron chi connectivity index (χ1n) is 10.9. The molecule has 0 aliphatic rings. The van der Waals surface area contributed by atoms with Crippen molar-refractivity contribution in [3.05, 3.63) is 93.7 Å². The number of carbonyl (C=O) groups is 1. The summed E-state index contributed by atoms with van der Waals surface area (Å²) in [4.78, 5) is 17.1. The zero-order valence-electron chi connectivity index (χ0n) is 18.4. The maximum Gasteiger partial charge on any atom is 0.251 e. The van der Waals surface area contributed by atoms with Gasteiger partial charge < -0.3 is 14.6 Å². The predicted molar refractivity (Wildman–Crippen MR) is 134 cm³/mol. The molecule has 33 heavy (non-hydrogen) atoms. The Morgan fingerprint density at radius 3 is 2.64 bits per heavy atom. The van der Waals surface area contributed by atoms with Crippen LogP contribution < -0.4 is 10.1 Å². The fourth-order valence-electron chi connectivity index (χ4n) is 3.68. The Balaban J connectivity index is 1.36. The van der Waals surface area contributed by atoms with Crippen molar-refractivity contribution >= 4 is 40.1 Å². The number of rotatable bonds is 9. The molecule has 5 nitrogen and oxygen atoms in total. The average molecular weight is 482 g/mol. The van der Waals surface area contributed by atoms with Gasteiger partial charge in [-0.15, -0.1) is 0 Å².